The molecule has 2 aromatic carbocycles. The first kappa shape index (κ1) is 17.8. The van der Waals surface area contributed by atoms with Crippen molar-refractivity contribution in [2.75, 3.05) is 14.2 Å². The van der Waals surface area contributed by atoms with E-state index in [0.29, 0.717) is 6.54 Å². The van der Waals surface area contributed by atoms with E-state index in [1.165, 1.54) is 4.90 Å². The van der Waals surface area contributed by atoms with E-state index in [1.807, 2.05) is 48.7 Å². The maximum absolute atomic E-state index is 12.3. The average Bonchev–Trinajstić information content (AvgIpc) is 3.21. The standard InChI is InChI=1S/C21H20N2O3S/c1-22-19(20(24)27-21(22)25)16-9-6-10-17-15(16)11-12-23(17)13-18(26-2)14-7-4-3-5-8-14/h3-12,18-19H,13H2,1-2H3. The zero-order chi connectivity index (χ0) is 19.0. The molecule has 0 aliphatic carbocycles. The molecule has 0 spiro atoms. The predicted molar refractivity (Wildman–Crippen MR) is 107 cm³/mol. The summed E-state index contributed by atoms with van der Waals surface area (Å²) in [6, 6.07) is 17.5. The number of ether oxygens (including phenoxy) is 1. The first-order valence-electron chi connectivity index (χ1n) is 8.74. The molecular weight excluding hydrogens is 360 g/mol. The molecule has 0 radical (unpaired) electrons. The Morgan fingerprint density at radius 1 is 1.07 bits per heavy atom. The summed E-state index contributed by atoms with van der Waals surface area (Å²) in [6.07, 6.45) is 1.94. The zero-order valence-electron chi connectivity index (χ0n) is 15.2. The molecule has 27 heavy (non-hydrogen) atoms. The van der Waals surface area contributed by atoms with Crippen LogP contribution >= 0.6 is 11.8 Å². The molecule has 1 aliphatic rings. The van der Waals surface area contributed by atoms with Crippen molar-refractivity contribution in [3.05, 3.63) is 71.9 Å². The summed E-state index contributed by atoms with van der Waals surface area (Å²) in [5, 5.41) is 0.660. The molecule has 6 heteroatoms. The van der Waals surface area contributed by atoms with E-state index >= 15 is 0 Å². The first-order valence-corrected chi connectivity index (χ1v) is 9.55. The van der Waals surface area contributed by atoms with E-state index in [0.717, 1.165) is 33.8 Å². The second kappa shape index (κ2) is 7.21. The third-order valence-electron chi connectivity index (χ3n) is 5.05. The van der Waals surface area contributed by atoms with Gasteiger partial charge >= 0.3 is 0 Å². The van der Waals surface area contributed by atoms with Gasteiger partial charge in [-0.25, -0.2) is 0 Å². The van der Waals surface area contributed by atoms with Crippen LogP contribution in [0.4, 0.5) is 4.79 Å². The highest BCUT2D eigenvalue weighted by Gasteiger charge is 2.39. The van der Waals surface area contributed by atoms with Gasteiger partial charge in [0.1, 0.15) is 6.04 Å². The molecular formula is C21H20N2O3S. The van der Waals surface area contributed by atoms with Crippen LogP contribution in [-0.4, -0.2) is 34.0 Å². The van der Waals surface area contributed by atoms with Crippen LogP contribution in [0.3, 0.4) is 0 Å². The highest BCUT2D eigenvalue weighted by atomic mass is 32.2. The summed E-state index contributed by atoms with van der Waals surface area (Å²) in [5.41, 5.74) is 3.01. The summed E-state index contributed by atoms with van der Waals surface area (Å²) >= 11 is 0.780. The Labute approximate surface area is 161 Å². The van der Waals surface area contributed by atoms with E-state index in [4.69, 9.17) is 4.74 Å². The Bertz CT molecular complexity index is 999. The lowest BCUT2D eigenvalue weighted by molar-refractivity contribution is -0.113. The summed E-state index contributed by atoms with van der Waals surface area (Å²) in [5.74, 6) is 0. The van der Waals surface area contributed by atoms with Gasteiger partial charge in [0.05, 0.1) is 12.6 Å². The fraction of sp³-hybridized carbons (Fsp3) is 0.238. The smallest absolute Gasteiger partial charge is 0.289 e. The lowest BCUT2D eigenvalue weighted by Crippen LogP contribution is -2.23. The molecule has 1 fully saturated rings. The van der Waals surface area contributed by atoms with Crippen LogP contribution < -0.4 is 0 Å². The van der Waals surface area contributed by atoms with Gasteiger partial charge in [-0.15, -0.1) is 0 Å². The average molecular weight is 380 g/mol. The molecule has 2 heterocycles. The monoisotopic (exact) mass is 380 g/mol. The minimum absolute atomic E-state index is 0.0709. The molecule has 1 saturated heterocycles. The summed E-state index contributed by atoms with van der Waals surface area (Å²) in [7, 11) is 3.39. The van der Waals surface area contributed by atoms with Crippen LogP contribution in [0.25, 0.3) is 10.9 Å². The number of fused-ring (bicyclic) bond motifs is 1. The number of likely N-dealkylation sites (N-methyl/N-ethyl adjacent to an activating group) is 1. The maximum atomic E-state index is 12.3. The Morgan fingerprint density at radius 3 is 2.52 bits per heavy atom. The van der Waals surface area contributed by atoms with Gasteiger partial charge in [0.25, 0.3) is 5.24 Å². The van der Waals surface area contributed by atoms with E-state index in [2.05, 4.69) is 16.7 Å². The molecule has 1 aliphatic heterocycles. The Balaban J connectivity index is 1.71. The Hall–Kier alpha value is -2.57. The molecule has 4 rings (SSSR count). The van der Waals surface area contributed by atoms with Gasteiger partial charge in [-0.2, -0.15) is 0 Å². The number of hydrogen-bond donors (Lipinski definition) is 0. The van der Waals surface area contributed by atoms with Gasteiger partial charge in [0.15, 0.2) is 0 Å². The molecule has 2 unspecified atom stereocenters. The SMILES string of the molecule is COC(Cn1ccc2c(C3C(=O)SC(=O)N3C)cccc21)c1ccccc1. The summed E-state index contributed by atoms with van der Waals surface area (Å²) in [6.45, 7) is 0.662. The van der Waals surface area contributed by atoms with Gasteiger partial charge in [0.2, 0.25) is 5.12 Å². The van der Waals surface area contributed by atoms with Crippen molar-refractivity contribution in [2.45, 2.75) is 18.7 Å². The highest BCUT2D eigenvalue weighted by molar-refractivity contribution is 8.26. The molecule has 3 aromatic rings. The van der Waals surface area contributed by atoms with E-state index in [9.17, 15) is 9.59 Å². The van der Waals surface area contributed by atoms with Gasteiger partial charge in [0, 0.05) is 43.0 Å². The van der Waals surface area contributed by atoms with Gasteiger partial charge < -0.3 is 14.2 Å². The minimum Gasteiger partial charge on any atom is -0.375 e. The minimum atomic E-state index is -0.533. The van der Waals surface area contributed by atoms with Gasteiger partial charge in [-0.1, -0.05) is 42.5 Å². The fourth-order valence-electron chi connectivity index (χ4n) is 3.62. The number of aromatic nitrogens is 1. The summed E-state index contributed by atoms with van der Waals surface area (Å²) in [4.78, 5) is 25.7. The number of rotatable bonds is 5. The largest absolute Gasteiger partial charge is 0.375 e. The predicted octanol–water partition coefficient (Wildman–Crippen LogP) is 4.40. The van der Waals surface area contributed by atoms with Crippen LogP contribution in [0.5, 0.6) is 0 Å². The van der Waals surface area contributed by atoms with Crippen molar-refractivity contribution in [1.29, 1.82) is 0 Å². The normalized spacial score (nSPS) is 18.4. The Kier molecular flexibility index (Phi) is 4.76. The first-order chi connectivity index (χ1) is 13.1. The molecule has 1 aromatic heterocycles. The fourth-order valence-corrected chi connectivity index (χ4v) is 4.44. The van der Waals surface area contributed by atoms with Crippen molar-refractivity contribution in [2.24, 2.45) is 0 Å². The van der Waals surface area contributed by atoms with Crippen LogP contribution in [0, 0.1) is 0 Å². The number of amides is 1. The third kappa shape index (κ3) is 3.15. The molecule has 0 bridgehead atoms. The van der Waals surface area contributed by atoms with Crippen LogP contribution in [0.2, 0.25) is 0 Å². The molecule has 138 valence electrons. The second-order valence-corrected chi connectivity index (χ2v) is 7.54. The van der Waals surface area contributed by atoms with Crippen LogP contribution in [-0.2, 0) is 16.1 Å². The topological polar surface area (TPSA) is 51.5 Å². The van der Waals surface area contributed by atoms with Crippen LogP contribution in [0.1, 0.15) is 23.3 Å². The number of carbonyl (C=O) groups is 2. The number of carbonyl (C=O) groups excluding carboxylic acids is 2. The number of thioether (sulfide) groups is 1. The van der Waals surface area contributed by atoms with Crippen molar-refractivity contribution >= 4 is 33.0 Å². The van der Waals surface area contributed by atoms with Crippen molar-refractivity contribution < 1.29 is 14.3 Å². The number of methoxy groups -OCH3 is 1. The molecule has 2 atom stereocenters. The summed E-state index contributed by atoms with van der Waals surface area (Å²) < 4.78 is 7.84. The van der Waals surface area contributed by atoms with Crippen molar-refractivity contribution in [3.63, 3.8) is 0 Å². The Morgan fingerprint density at radius 2 is 1.85 bits per heavy atom. The molecule has 0 N–H and O–H groups in total. The highest BCUT2D eigenvalue weighted by Crippen LogP contribution is 2.38. The quantitative estimate of drug-likeness (QED) is 0.658. The van der Waals surface area contributed by atoms with Gasteiger partial charge in [-0.05, 0) is 23.3 Å². The third-order valence-corrected chi connectivity index (χ3v) is 5.93. The second-order valence-electron chi connectivity index (χ2n) is 6.58. The van der Waals surface area contributed by atoms with E-state index in [1.54, 1.807) is 14.2 Å². The van der Waals surface area contributed by atoms with E-state index in [-0.39, 0.29) is 16.5 Å². The molecule has 0 saturated carbocycles. The van der Waals surface area contributed by atoms with Crippen molar-refractivity contribution in [3.8, 4) is 0 Å². The molecule has 1 amide bonds. The number of hydrogen-bond acceptors (Lipinski definition) is 4. The van der Waals surface area contributed by atoms with Crippen LogP contribution in [0.15, 0.2) is 60.8 Å². The number of nitrogens with zero attached hydrogens (tertiary/aromatic N) is 2. The van der Waals surface area contributed by atoms with Crippen molar-refractivity contribution in [1.82, 2.24) is 9.47 Å². The van der Waals surface area contributed by atoms with Gasteiger partial charge in [-0.3, -0.25) is 9.59 Å². The lowest BCUT2D eigenvalue weighted by Gasteiger charge is -2.20. The van der Waals surface area contributed by atoms with E-state index < -0.39 is 6.04 Å². The molecule has 5 nitrogen and oxygen atoms in total. The number of benzene rings is 2. The zero-order valence-corrected chi connectivity index (χ0v) is 16.0. The maximum Gasteiger partial charge on any atom is 0.289 e. The lowest BCUT2D eigenvalue weighted by atomic mass is 10.0.